The van der Waals surface area contributed by atoms with E-state index in [1.54, 1.807) is 0 Å². The van der Waals surface area contributed by atoms with Crippen molar-refractivity contribution < 1.29 is 35.1 Å². The summed E-state index contributed by atoms with van der Waals surface area (Å²) in [6.07, 6.45) is 21.1. The highest BCUT2D eigenvalue weighted by molar-refractivity contribution is 6.27. The molecule has 2 rings (SSSR count). The third-order valence-corrected chi connectivity index (χ3v) is 9.47. The zero-order valence-electron chi connectivity index (χ0n) is 27.0. The molecule has 2 saturated heterocycles. The third-order valence-electron chi connectivity index (χ3n) is 9.47. The third kappa shape index (κ3) is 13.4. The van der Waals surface area contributed by atoms with E-state index in [0.717, 1.165) is 89.9 Å². The quantitative estimate of drug-likeness (QED) is 0.0302. The zero-order chi connectivity index (χ0) is 31.6. The van der Waals surface area contributed by atoms with Crippen LogP contribution in [-0.4, -0.2) is 79.6 Å². The van der Waals surface area contributed by atoms with Crippen molar-refractivity contribution in [3.63, 3.8) is 0 Å². The number of carbonyl (C=O) groups excluding carboxylic acids is 2. The number of aliphatic hydroxyl groups is 5. The van der Waals surface area contributed by atoms with E-state index in [4.69, 9.17) is 5.11 Å². The van der Waals surface area contributed by atoms with E-state index in [2.05, 4.69) is 19.1 Å². The van der Waals surface area contributed by atoms with Crippen LogP contribution in [-0.2, 0) is 9.59 Å². The van der Waals surface area contributed by atoms with Gasteiger partial charge in [0, 0.05) is 25.5 Å². The Morgan fingerprint density at radius 3 is 2.07 bits per heavy atom. The predicted molar refractivity (Wildman–Crippen MR) is 170 cm³/mol. The summed E-state index contributed by atoms with van der Waals surface area (Å²) in [7, 11) is 0. The summed E-state index contributed by atoms with van der Waals surface area (Å²) in [5, 5.41) is 49.6. The minimum atomic E-state index is -0.662. The van der Waals surface area contributed by atoms with Crippen molar-refractivity contribution in [3.05, 3.63) is 23.5 Å². The second-order valence-corrected chi connectivity index (χ2v) is 13.2. The van der Waals surface area contributed by atoms with E-state index in [0.29, 0.717) is 6.42 Å². The molecule has 0 bridgehead atoms. The summed E-state index contributed by atoms with van der Waals surface area (Å²) < 4.78 is 0. The first kappa shape index (κ1) is 37.4. The Hall–Kier alpha value is -1.74. The summed E-state index contributed by atoms with van der Waals surface area (Å²) in [5.74, 6) is -0.956. The van der Waals surface area contributed by atoms with Gasteiger partial charge in [0.1, 0.15) is 11.3 Å². The first-order valence-corrected chi connectivity index (χ1v) is 17.3. The number of rotatable bonds is 24. The van der Waals surface area contributed by atoms with Crippen molar-refractivity contribution in [2.45, 2.75) is 160 Å². The summed E-state index contributed by atoms with van der Waals surface area (Å²) >= 11 is 0. The molecule has 5 N–H and O–H groups in total. The van der Waals surface area contributed by atoms with E-state index < -0.39 is 18.1 Å². The molecule has 2 aliphatic rings. The number of nitrogens with zero attached hydrogens (tertiary/aromatic N) is 1. The minimum Gasteiger partial charge on any atom is -0.511 e. The molecule has 8 nitrogen and oxygen atoms in total. The summed E-state index contributed by atoms with van der Waals surface area (Å²) in [6, 6.07) is -0.616. The summed E-state index contributed by atoms with van der Waals surface area (Å²) in [5.41, 5.74) is -0.0665. The number of hydrogen-bond donors (Lipinski definition) is 5. The summed E-state index contributed by atoms with van der Waals surface area (Å²) in [6.45, 7) is 4.38. The molecule has 8 heteroatoms. The van der Waals surface area contributed by atoms with E-state index in [1.807, 2.05) is 6.92 Å². The lowest BCUT2D eigenvalue weighted by atomic mass is 9.86. The Balaban J connectivity index is 1.45. The van der Waals surface area contributed by atoms with Crippen LogP contribution >= 0.6 is 0 Å². The van der Waals surface area contributed by atoms with Crippen molar-refractivity contribution in [2.24, 2.45) is 11.8 Å². The van der Waals surface area contributed by atoms with Crippen LogP contribution in [0.1, 0.15) is 136 Å². The lowest BCUT2D eigenvalue weighted by Gasteiger charge is -2.20. The second-order valence-electron chi connectivity index (χ2n) is 13.2. The number of fused-ring (bicyclic) bond motifs is 1. The van der Waals surface area contributed by atoms with Crippen LogP contribution in [0.4, 0.5) is 0 Å². The Bertz CT molecular complexity index is 846. The average Bonchev–Trinajstić information content (AvgIpc) is 3.47. The average molecular weight is 608 g/mol. The smallest absolute Gasteiger partial charge is 0.261 e. The monoisotopic (exact) mass is 607 g/mol. The minimum absolute atomic E-state index is 0.0665. The maximum atomic E-state index is 12.7. The number of aliphatic hydroxyl groups excluding tert-OH is 5. The molecule has 0 spiro atoms. The summed E-state index contributed by atoms with van der Waals surface area (Å²) in [4.78, 5) is 26.7. The van der Waals surface area contributed by atoms with Gasteiger partial charge in [-0.1, -0.05) is 90.2 Å². The van der Waals surface area contributed by atoms with Gasteiger partial charge in [0.05, 0.1) is 24.4 Å². The lowest BCUT2D eigenvalue weighted by molar-refractivity contribution is -0.125. The fourth-order valence-corrected chi connectivity index (χ4v) is 6.37. The van der Waals surface area contributed by atoms with Gasteiger partial charge in [-0.2, -0.15) is 0 Å². The van der Waals surface area contributed by atoms with Gasteiger partial charge in [0.15, 0.2) is 5.78 Å². The maximum absolute atomic E-state index is 12.7. The molecule has 248 valence electrons. The topological polar surface area (TPSA) is 139 Å². The molecule has 2 heterocycles. The fraction of sp³-hybridized carbons (Fsp3) is 0.829. The molecule has 0 aliphatic carbocycles. The number of hydrogen-bond acceptors (Lipinski definition) is 7. The van der Waals surface area contributed by atoms with Crippen molar-refractivity contribution in [3.8, 4) is 0 Å². The van der Waals surface area contributed by atoms with E-state index in [-0.39, 0.29) is 60.7 Å². The highest BCUT2D eigenvalue weighted by Gasteiger charge is 2.50. The lowest BCUT2D eigenvalue weighted by Crippen LogP contribution is -2.29. The van der Waals surface area contributed by atoms with Crippen molar-refractivity contribution >= 4 is 11.7 Å². The largest absolute Gasteiger partial charge is 0.511 e. The highest BCUT2D eigenvalue weighted by atomic mass is 16.3. The highest BCUT2D eigenvalue weighted by Crippen LogP contribution is 2.34. The second kappa shape index (κ2) is 21.1. The Morgan fingerprint density at radius 2 is 1.40 bits per heavy atom. The Labute approximate surface area is 260 Å². The van der Waals surface area contributed by atoms with Crippen LogP contribution in [0.2, 0.25) is 0 Å². The van der Waals surface area contributed by atoms with Crippen LogP contribution in [0.25, 0.3) is 0 Å². The van der Waals surface area contributed by atoms with Crippen LogP contribution in [0, 0.1) is 11.8 Å². The first-order chi connectivity index (χ1) is 20.7. The van der Waals surface area contributed by atoms with Gasteiger partial charge < -0.3 is 30.4 Å². The number of ketones is 1. The normalized spacial score (nSPS) is 22.8. The molecule has 0 saturated carbocycles. The molecule has 2 aliphatic heterocycles. The zero-order valence-corrected chi connectivity index (χ0v) is 27.0. The van der Waals surface area contributed by atoms with Gasteiger partial charge in [0.25, 0.3) is 5.91 Å². The van der Waals surface area contributed by atoms with Gasteiger partial charge >= 0.3 is 0 Å². The van der Waals surface area contributed by atoms with Crippen LogP contribution in [0.15, 0.2) is 23.5 Å². The van der Waals surface area contributed by atoms with E-state index in [1.165, 1.54) is 24.2 Å². The number of carbonyl (C=O) groups is 2. The first-order valence-electron chi connectivity index (χ1n) is 17.3. The molecular weight excluding hydrogens is 546 g/mol. The molecular formula is C35H61NO7. The number of Topliss-reactive ketones (excluding diaryl/α,β-unsaturated/α-hetero) is 1. The van der Waals surface area contributed by atoms with Gasteiger partial charge in [0.2, 0.25) is 0 Å². The van der Waals surface area contributed by atoms with Crippen molar-refractivity contribution in [2.75, 3.05) is 13.2 Å². The Kier molecular flexibility index (Phi) is 18.4. The number of unbranched alkanes of at least 4 members (excludes halogenated alkanes) is 10. The molecule has 43 heavy (non-hydrogen) atoms. The fourth-order valence-electron chi connectivity index (χ4n) is 6.37. The number of allylic oxidation sites excluding steroid dienone is 2. The molecule has 0 radical (unpaired) electrons. The predicted octanol–water partition coefficient (Wildman–Crippen LogP) is 5.91. The van der Waals surface area contributed by atoms with Gasteiger partial charge in [-0.15, -0.1) is 0 Å². The standard InChI is InChI=1S/C35H61NO7/c1-26(27(2)33(41)32-34(42)31-24-30(40)25-36(31)35(32)43)18-13-9-6-4-3-5-7-10-14-19-28(38)21-17-22-29(39)20-15-11-8-12-16-23-37/h10,14,26-31,37-41H,3-9,11-13,15-25H2,1-2H3/b14-10+,33-32+/t26?,27-,28-,29+,30+,31-/m0/s1. The molecule has 2 fully saturated rings. The van der Waals surface area contributed by atoms with Gasteiger partial charge in [-0.25, -0.2) is 0 Å². The van der Waals surface area contributed by atoms with Gasteiger partial charge in [-0.05, 0) is 57.3 Å². The molecule has 0 aromatic rings. The molecule has 1 unspecified atom stereocenters. The van der Waals surface area contributed by atoms with Crippen LogP contribution < -0.4 is 0 Å². The van der Waals surface area contributed by atoms with Gasteiger partial charge in [-0.3, -0.25) is 9.59 Å². The van der Waals surface area contributed by atoms with Crippen molar-refractivity contribution in [1.29, 1.82) is 0 Å². The molecule has 0 aromatic heterocycles. The van der Waals surface area contributed by atoms with Crippen LogP contribution in [0.3, 0.4) is 0 Å². The SMILES string of the molecule is CC(CCCCCCCC/C=C/C[C@H](O)CCC[C@H](O)CCCCCCCO)[C@H](C)/C(O)=C1/C(=O)[C@@H]2C[C@@H](O)CN2C1=O. The van der Waals surface area contributed by atoms with Crippen LogP contribution in [0.5, 0.6) is 0 Å². The maximum Gasteiger partial charge on any atom is 0.261 e. The van der Waals surface area contributed by atoms with E-state index in [9.17, 15) is 30.0 Å². The molecule has 0 aromatic carbocycles. The van der Waals surface area contributed by atoms with Crippen molar-refractivity contribution in [1.82, 2.24) is 4.90 Å². The molecule has 1 amide bonds. The number of amides is 1. The molecule has 6 atom stereocenters. The van der Waals surface area contributed by atoms with E-state index >= 15 is 0 Å². The Morgan fingerprint density at radius 1 is 0.814 bits per heavy atom.